The maximum Gasteiger partial charge on any atom is 0.191 e. The standard InChI is InChI=1S/C14H21N3OS.HI/c1-17(13-7-8-13)14(15)16-9-10-19(18)11-12-5-3-2-4-6-12;/h2-6,13H,7-11H2,1H3,(H2,15,16);1H. The maximum atomic E-state index is 11.9. The summed E-state index contributed by atoms with van der Waals surface area (Å²) in [7, 11) is 1.09. The first-order valence-corrected chi connectivity index (χ1v) is 8.07. The van der Waals surface area contributed by atoms with Crippen molar-refractivity contribution < 1.29 is 4.21 Å². The third kappa shape index (κ3) is 5.78. The second-order valence-corrected chi connectivity index (χ2v) is 6.43. The van der Waals surface area contributed by atoms with Gasteiger partial charge in [0, 0.05) is 35.4 Å². The average Bonchev–Trinajstić information content (AvgIpc) is 3.23. The van der Waals surface area contributed by atoms with Crippen molar-refractivity contribution in [3.8, 4) is 0 Å². The molecule has 1 fully saturated rings. The van der Waals surface area contributed by atoms with E-state index in [0.717, 1.165) is 5.56 Å². The van der Waals surface area contributed by atoms with Crippen LogP contribution in [0.15, 0.2) is 35.3 Å². The van der Waals surface area contributed by atoms with Crippen LogP contribution < -0.4 is 5.73 Å². The fourth-order valence-corrected chi connectivity index (χ4v) is 2.86. The van der Waals surface area contributed by atoms with E-state index in [1.54, 1.807) is 0 Å². The molecule has 1 aromatic rings. The number of nitrogens with zero attached hydrogens (tertiary/aromatic N) is 2. The van der Waals surface area contributed by atoms with Gasteiger partial charge in [0.25, 0.3) is 0 Å². The minimum atomic E-state index is -0.877. The molecule has 0 amide bonds. The second-order valence-electron chi connectivity index (χ2n) is 4.86. The highest BCUT2D eigenvalue weighted by Gasteiger charge is 2.27. The van der Waals surface area contributed by atoms with Gasteiger partial charge in [-0.25, -0.2) is 0 Å². The average molecular weight is 407 g/mol. The highest BCUT2D eigenvalue weighted by atomic mass is 127. The lowest BCUT2D eigenvalue weighted by Crippen LogP contribution is -2.36. The van der Waals surface area contributed by atoms with Gasteiger partial charge in [-0.1, -0.05) is 30.3 Å². The van der Waals surface area contributed by atoms with E-state index in [0.29, 0.717) is 30.1 Å². The van der Waals surface area contributed by atoms with Crippen LogP contribution in [0.25, 0.3) is 0 Å². The van der Waals surface area contributed by atoms with E-state index in [-0.39, 0.29) is 24.0 Å². The maximum absolute atomic E-state index is 11.9. The third-order valence-electron chi connectivity index (χ3n) is 3.22. The zero-order valence-electron chi connectivity index (χ0n) is 11.7. The molecule has 0 radical (unpaired) electrons. The van der Waals surface area contributed by atoms with Gasteiger partial charge >= 0.3 is 0 Å². The first kappa shape index (κ1) is 17.4. The van der Waals surface area contributed by atoms with Crippen molar-refractivity contribution in [3.63, 3.8) is 0 Å². The Morgan fingerprint density at radius 2 is 2.05 bits per heavy atom. The molecule has 2 N–H and O–H groups in total. The summed E-state index contributed by atoms with van der Waals surface area (Å²) in [5, 5.41) is 0. The lowest BCUT2D eigenvalue weighted by atomic mass is 10.2. The van der Waals surface area contributed by atoms with E-state index in [1.165, 1.54) is 12.8 Å². The predicted molar refractivity (Wildman–Crippen MR) is 95.8 cm³/mol. The second kappa shape index (κ2) is 8.61. The highest BCUT2D eigenvalue weighted by Crippen LogP contribution is 2.24. The fourth-order valence-electron chi connectivity index (χ4n) is 1.85. The lowest BCUT2D eigenvalue weighted by molar-refractivity contribution is 0.488. The molecule has 6 heteroatoms. The highest BCUT2D eigenvalue weighted by molar-refractivity contribution is 14.0. The molecule has 1 unspecified atom stereocenters. The van der Waals surface area contributed by atoms with Crippen LogP contribution in [0.3, 0.4) is 0 Å². The third-order valence-corrected chi connectivity index (χ3v) is 4.51. The monoisotopic (exact) mass is 407 g/mol. The predicted octanol–water partition coefficient (Wildman–Crippen LogP) is 1.96. The molecule has 0 heterocycles. The summed E-state index contributed by atoms with van der Waals surface area (Å²) in [6, 6.07) is 10.5. The van der Waals surface area contributed by atoms with Crippen molar-refractivity contribution in [3.05, 3.63) is 35.9 Å². The van der Waals surface area contributed by atoms with E-state index in [2.05, 4.69) is 4.99 Å². The number of hydrogen-bond donors (Lipinski definition) is 1. The molecule has 0 spiro atoms. The van der Waals surface area contributed by atoms with Gasteiger partial charge in [-0.05, 0) is 18.4 Å². The fraction of sp³-hybridized carbons (Fsp3) is 0.500. The summed E-state index contributed by atoms with van der Waals surface area (Å²) in [6.07, 6.45) is 2.40. The summed E-state index contributed by atoms with van der Waals surface area (Å²) in [4.78, 5) is 6.31. The molecule has 0 aromatic heterocycles. The molecular weight excluding hydrogens is 385 g/mol. The number of halogens is 1. The zero-order chi connectivity index (χ0) is 13.7. The molecule has 1 aliphatic rings. The largest absolute Gasteiger partial charge is 0.370 e. The normalized spacial score (nSPS) is 16.4. The Labute approximate surface area is 140 Å². The quantitative estimate of drug-likeness (QED) is 0.446. The van der Waals surface area contributed by atoms with Crippen molar-refractivity contribution in [2.24, 2.45) is 10.7 Å². The molecule has 4 nitrogen and oxygen atoms in total. The smallest absolute Gasteiger partial charge is 0.191 e. The summed E-state index contributed by atoms with van der Waals surface area (Å²) >= 11 is 0. The topological polar surface area (TPSA) is 58.7 Å². The number of nitrogens with two attached hydrogens (primary N) is 1. The molecule has 0 bridgehead atoms. The van der Waals surface area contributed by atoms with Gasteiger partial charge in [-0.2, -0.15) is 0 Å². The molecular formula is C14H22IN3OS. The Balaban J connectivity index is 0.00000200. The summed E-state index contributed by atoms with van der Waals surface area (Å²) in [6.45, 7) is 0.530. The van der Waals surface area contributed by atoms with Crippen LogP contribution in [0.4, 0.5) is 0 Å². The first-order chi connectivity index (χ1) is 9.16. The minimum absolute atomic E-state index is 0. The van der Waals surface area contributed by atoms with E-state index >= 15 is 0 Å². The van der Waals surface area contributed by atoms with Gasteiger partial charge in [-0.3, -0.25) is 9.20 Å². The van der Waals surface area contributed by atoms with Crippen molar-refractivity contribution in [2.75, 3.05) is 19.3 Å². The van der Waals surface area contributed by atoms with E-state index in [4.69, 9.17) is 5.73 Å². The molecule has 0 saturated heterocycles. The number of aliphatic imine (C=N–C) groups is 1. The van der Waals surface area contributed by atoms with Gasteiger partial charge in [-0.15, -0.1) is 24.0 Å². The summed E-state index contributed by atoms with van der Waals surface area (Å²) < 4.78 is 11.9. The molecule has 1 atom stereocenters. The Morgan fingerprint density at radius 1 is 1.40 bits per heavy atom. The summed E-state index contributed by atoms with van der Waals surface area (Å²) in [5.74, 6) is 1.72. The minimum Gasteiger partial charge on any atom is -0.370 e. The van der Waals surface area contributed by atoms with E-state index < -0.39 is 10.8 Å². The van der Waals surface area contributed by atoms with Crippen LogP contribution in [0.5, 0.6) is 0 Å². The van der Waals surface area contributed by atoms with Crippen LogP contribution in [-0.4, -0.2) is 40.5 Å². The van der Waals surface area contributed by atoms with Crippen LogP contribution in [0.1, 0.15) is 18.4 Å². The molecule has 112 valence electrons. The van der Waals surface area contributed by atoms with Crippen molar-refractivity contribution in [1.82, 2.24) is 4.90 Å². The zero-order valence-corrected chi connectivity index (χ0v) is 14.8. The van der Waals surface area contributed by atoms with Gasteiger partial charge in [0.2, 0.25) is 0 Å². The number of hydrogen-bond acceptors (Lipinski definition) is 2. The van der Waals surface area contributed by atoms with Gasteiger partial charge in [0.05, 0.1) is 6.54 Å². The molecule has 1 saturated carbocycles. The van der Waals surface area contributed by atoms with Crippen LogP contribution in [-0.2, 0) is 16.6 Å². The van der Waals surface area contributed by atoms with Crippen molar-refractivity contribution in [2.45, 2.75) is 24.6 Å². The Morgan fingerprint density at radius 3 is 2.65 bits per heavy atom. The summed E-state index contributed by atoms with van der Waals surface area (Å²) in [5.41, 5.74) is 6.98. The van der Waals surface area contributed by atoms with E-state index in [1.807, 2.05) is 42.3 Å². The Hall–Kier alpha value is -0.630. The lowest BCUT2D eigenvalue weighted by Gasteiger charge is -2.16. The van der Waals surface area contributed by atoms with Gasteiger partial charge < -0.3 is 10.6 Å². The molecule has 0 aliphatic heterocycles. The van der Waals surface area contributed by atoms with Gasteiger partial charge in [0.1, 0.15) is 0 Å². The Kier molecular flexibility index (Phi) is 7.50. The van der Waals surface area contributed by atoms with Crippen molar-refractivity contribution in [1.29, 1.82) is 0 Å². The van der Waals surface area contributed by atoms with Crippen molar-refractivity contribution >= 4 is 40.7 Å². The first-order valence-electron chi connectivity index (χ1n) is 6.58. The van der Waals surface area contributed by atoms with Crippen LogP contribution in [0, 0.1) is 0 Å². The molecule has 2 rings (SSSR count). The van der Waals surface area contributed by atoms with E-state index in [9.17, 15) is 4.21 Å². The SMILES string of the molecule is CN(C(N)=NCCS(=O)Cc1ccccc1)C1CC1.I. The number of rotatable bonds is 6. The van der Waals surface area contributed by atoms with Gasteiger partial charge in [0.15, 0.2) is 5.96 Å². The van der Waals surface area contributed by atoms with Crippen LogP contribution in [0.2, 0.25) is 0 Å². The molecule has 1 aliphatic carbocycles. The number of benzene rings is 1. The Bertz CT molecular complexity index is 463. The van der Waals surface area contributed by atoms with Crippen LogP contribution >= 0.6 is 24.0 Å². The molecule has 1 aromatic carbocycles. The number of guanidine groups is 1. The molecule has 20 heavy (non-hydrogen) atoms.